The molecule has 6 nitrogen and oxygen atoms in total. The van der Waals surface area contributed by atoms with Gasteiger partial charge in [-0.15, -0.1) is 0 Å². The molecule has 28 heavy (non-hydrogen) atoms. The number of hydrogen-bond acceptors (Lipinski definition) is 5. The quantitative estimate of drug-likeness (QED) is 0.300. The maximum atomic E-state index is 11.9. The van der Waals surface area contributed by atoms with Crippen molar-refractivity contribution in [2.75, 3.05) is 36.2 Å². The molecule has 0 radical (unpaired) electrons. The fourth-order valence-electron chi connectivity index (χ4n) is 2.22. The van der Waals surface area contributed by atoms with Gasteiger partial charge in [0.05, 0.1) is 0 Å². The van der Waals surface area contributed by atoms with Crippen LogP contribution in [0.3, 0.4) is 0 Å². The average Bonchev–Trinajstić information content (AvgIpc) is 2.68. The van der Waals surface area contributed by atoms with Crippen LogP contribution >= 0.6 is 23.5 Å². The minimum Gasteiger partial charge on any atom is -0.345 e. The number of benzene rings is 2. The Labute approximate surface area is 174 Å². The van der Waals surface area contributed by atoms with Crippen LogP contribution in [0.25, 0.3) is 0 Å². The molecule has 4 N–H and O–H groups in total. The van der Waals surface area contributed by atoms with Crippen LogP contribution in [0.4, 0.5) is 11.4 Å². The highest BCUT2D eigenvalue weighted by Crippen LogP contribution is 2.16. The first-order chi connectivity index (χ1) is 13.5. The molecule has 0 bridgehead atoms. The van der Waals surface area contributed by atoms with Crippen LogP contribution in [0.1, 0.15) is 16.8 Å². The first-order valence-electron chi connectivity index (χ1n) is 8.79. The van der Waals surface area contributed by atoms with Crippen LogP contribution in [-0.2, 0) is 0 Å². The van der Waals surface area contributed by atoms with Gasteiger partial charge in [-0.3, -0.25) is 15.6 Å². The zero-order valence-electron chi connectivity index (χ0n) is 16.0. The number of amides is 1. The minimum absolute atomic E-state index is 0.0409. The monoisotopic (exact) mass is 415 g/mol. The van der Waals surface area contributed by atoms with Crippen molar-refractivity contribution in [3.05, 3.63) is 60.2 Å². The lowest BCUT2D eigenvalue weighted by Crippen LogP contribution is -2.21. The first kappa shape index (κ1) is 21.8. The second kappa shape index (κ2) is 11.4. The molecule has 0 saturated carbocycles. The Hall–Kier alpha value is -2.45. The molecule has 0 saturated heterocycles. The number of thioether (sulfide) groups is 2. The van der Waals surface area contributed by atoms with Gasteiger partial charge in [0.2, 0.25) is 0 Å². The summed E-state index contributed by atoms with van der Waals surface area (Å²) in [6.07, 6.45) is 0.897. The van der Waals surface area contributed by atoms with Gasteiger partial charge in [0, 0.05) is 42.5 Å². The summed E-state index contributed by atoms with van der Waals surface area (Å²) in [6, 6.07) is 16.8. The first-order valence-corrected chi connectivity index (χ1v) is 10.8. The van der Waals surface area contributed by atoms with Gasteiger partial charge in [-0.25, -0.2) is 0 Å². The Morgan fingerprint density at radius 2 is 1.36 bits per heavy atom. The number of anilines is 2. The topological polar surface area (TPSA) is 92.1 Å². The van der Waals surface area contributed by atoms with E-state index in [1.165, 1.54) is 28.4 Å². The van der Waals surface area contributed by atoms with Crippen LogP contribution in [0.2, 0.25) is 0 Å². The number of carbonyl (C=O) groups is 1. The standard InChI is InChI=1S/C20H25N5OS2/c1-25(2)18(26)15-9-11-17(12-10-15)24-20(22)28-14-6-13-27-19(21)23-16-7-4-3-5-8-16/h3-5,7-12H,6,13-14H2,1-2H3,(H2,21,23)(H2,22,24). The van der Waals surface area contributed by atoms with Crippen LogP contribution in [0, 0.1) is 10.8 Å². The van der Waals surface area contributed by atoms with Gasteiger partial charge in [0.25, 0.3) is 5.91 Å². The summed E-state index contributed by atoms with van der Waals surface area (Å²) < 4.78 is 0. The molecular formula is C20H25N5OS2. The van der Waals surface area contributed by atoms with E-state index in [1.807, 2.05) is 30.3 Å². The molecule has 0 unspecified atom stereocenters. The highest BCUT2D eigenvalue weighted by molar-refractivity contribution is 8.14. The molecular weight excluding hydrogens is 390 g/mol. The molecule has 2 aromatic rings. The maximum Gasteiger partial charge on any atom is 0.253 e. The molecule has 0 aliphatic heterocycles. The van der Waals surface area contributed by atoms with Crippen molar-refractivity contribution in [1.82, 2.24) is 4.90 Å². The van der Waals surface area contributed by atoms with E-state index >= 15 is 0 Å². The van der Waals surface area contributed by atoms with Crippen LogP contribution < -0.4 is 10.6 Å². The normalized spacial score (nSPS) is 10.2. The number of hydrogen-bond donors (Lipinski definition) is 4. The van der Waals surface area contributed by atoms with E-state index in [0.717, 1.165) is 29.3 Å². The van der Waals surface area contributed by atoms with Crippen molar-refractivity contribution in [1.29, 1.82) is 10.8 Å². The second-order valence-electron chi connectivity index (χ2n) is 6.10. The molecule has 0 aromatic heterocycles. The third kappa shape index (κ3) is 7.66. The lowest BCUT2D eigenvalue weighted by Gasteiger charge is -2.11. The Balaban J connectivity index is 1.62. The van der Waals surface area contributed by atoms with Gasteiger partial charge in [0.1, 0.15) is 0 Å². The van der Waals surface area contributed by atoms with Gasteiger partial charge in [-0.05, 0) is 42.8 Å². The fraction of sp³-hybridized carbons (Fsp3) is 0.250. The van der Waals surface area contributed by atoms with Crippen molar-refractivity contribution in [2.24, 2.45) is 0 Å². The largest absolute Gasteiger partial charge is 0.345 e. The van der Waals surface area contributed by atoms with E-state index in [1.54, 1.807) is 38.4 Å². The van der Waals surface area contributed by atoms with E-state index in [4.69, 9.17) is 10.8 Å². The summed E-state index contributed by atoms with van der Waals surface area (Å²) in [6.45, 7) is 0. The van der Waals surface area contributed by atoms with Crippen LogP contribution in [-0.4, -0.2) is 46.7 Å². The summed E-state index contributed by atoms with van der Waals surface area (Å²) in [4.78, 5) is 13.4. The summed E-state index contributed by atoms with van der Waals surface area (Å²) in [5.41, 5.74) is 2.33. The molecule has 8 heteroatoms. The van der Waals surface area contributed by atoms with Crippen LogP contribution in [0.15, 0.2) is 54.6 Å². The SMILES string of the molecule is CN(C)C(=O)c1ccc(NC(=N)SCCCSC(=N)Nc2ccccc2)cc1. The third-order valence-electron chi connectivity index (χ3n) is 3.61. The molecule has 2 rings (SSSR count). The molecule has 2 aromatic carbocycles. The highest BCUT2D eigenvalue weighted by Gasteiger charge is 2.07. The van der Waals surface area contributed by atoms with E-state index in [2.05, 4.69) is 10.6 Å². The number of amidine groups is 2. The average molecular weight is 416 g/mol. The molecule has 148 valence electrons. The number of nitrogens with one attached hydrogen (secondary N) is 4. The zero-order valence-corrected chi connectivity index (χ0v) is 17.6. The molecule has 0 spiro atoms. The predicted molar refractivity (Wildman–Crippen MR) is 123 cm³/mol. The van der Waals surface area contributed by atoms with Gasteiger partial charge in [0.15, 0.2) is 10.3 Å². The Morgan fingerprint density at radius 1 is 0.857 bits per heavy atom. The second-order valence-corrected chi connectivity index (χ2v) is 8.31. The number of nitrogens with zero attached hydrogens (tertiary/aromatic N) is 1. The van der Waals surface area contributed by atoms with E-state index < -0.39 is 0 Å². The minimum atomic E-state index is -0.0409. The number of carbonyl (C=O) groups excluding carboxylic acids is 1. The molecule has 1 amide bonds. The van der Waals surface area contributed by atoms with Gasteiger partial charge in [-0.2, -0.15) is 0 Å². The Morgan fingerprint density at radius 3 is 1.86 bits per heavy atom. The smallest absolute Gasteiger partial charge is 0.253 e. The number of rotatable bonds is 7. The van der Waals surface area contributed by atoms with Crippen molar-refractivity contribution < 1.29 is 4.79 Å². The van der Waals surface area contributed by atoms with E-state index in [9.17, 15) is 4.79 Å². The van der Waals surface area contributed by atoms with E-state index in [0.29, 0.717) is 15.9 Å². The van der Waals surface area contributed by atoms with E-state index in [-0.39, 0.29) is 5.91 Å². The summed E-state index contributed by atoms with van der Waals surface area (Å²) in [5, 5.41) is 22.8. The molecule has 0 heterocycles. The Kier molecular flexibility index (Phi) is 8.90. The molecule has 0 fully saturated rings. The fourth-order valence-corrected chi connectivity index (χ4v) is 3.77. The molecule has 0 aliphatic rings. The third-order valence-corrected chi connectivity index (χ3v) is 5.38. The molecule has 0 atom stereocenters. The van der Waals surface area contributed by atoms with Gasteiger partial charge in [-0.1, -0.05) is 41.7 Å². The lowest BCUT2D eigenvalue weighted by atomic mass is 10.2. The number of para-hydroxylation sites is 1. The van der Waals surface area contributed by atoms with Crippen molar-refractivity contribution >= 4 is 51.1 Å². The van der Waals surface area contributed by atoms with Gasteiger partial charge >= 0.3 is 0 Å². The van der Waals surface area contributed by atoms with Gasteiger partial charge < -0.3 is 15.5 Å². The summed E-state index contributed by atoms with van der Waals surface area (Å²) in [7, 11) is 3.44. The summed E-state index contributed by atoms with van der Waals surface area (Å²) in [5.74, 6) is 1.58. The van der Waals surface area contributed by atoms with Crippen molar-refractivity contribution in [3.8, 4) is 0 Å². The Bertz CT molecular complexity index is 794. The maximum absolute atomic E-state index is 11.9. The van der Waals surface area contributed by atoms with Crippen molar-refractivity contribution in [3.63, 3.8) is 0 Å². The predicted octanol–water partition coefficient (Wildman–Crippen LogP) is 4.64. The van der Waals surface area contributed by atoms with Crippen LogP contribution in [0.5, 0.6) is 0 Å². The highest BCUT2D eigenvalue weighted by atomic mass is 32.2. The zero-order chi connectivity index (χ0) is 20.4. The molecule has 0 aliphatic carbocycles. The summed E-state index contributed by atoms with van der Waals surface area (Å²) >= 11 is 2.90. The van der Waals surface area contributed by atoms with Crippen molar-refractivity contribution in [2.45, 2.75) is 6.42 Å². The lowest BCUT2D eigenvalue weighted by molar-refractivity contribution is 0.0827.